The van der Waals surface area contributed by atoms with Crippen LogP contribution in [-0.2, 0) is 7.05 Å². The molecule has 0 radical (unpaired) electrons. The van der Waals surface area contributed by atoms with Gasteiger partial charge in [0.1, 0.15) is 5.69 Å². The lowest BCUT2D eigenvalue weighted by atomic mass is 9.93. The normalized spacial score (nSPS) is 21.2. The second-order valence-corrected chi connectivity index (χ2v) is 5.86. The van der Waals surface area contributed by atoms with Crippen LogP contribution in [0, 0.1) is 0 Å². The van der Waals surface area contributed by atoms with Crippen LogP contribution in [0.2, 0.25) is 0 Å². The Morgan fingerprint density at radius 2 is 2.22 bits per heavy atom. The summed E-state index contributed by atoms with van der Waals surface area (Å²) in [4.78, 5) is 22.4. The van der Waals surface area contributed by atoms with E-state index in [4.69, 9.17) is 0 Å². The largest absolute Gasteiger partial charge is 0.386 e. The molecule has 1 fully saturated rings. The van der Waals surface area contributed by atoms with Crippen molar-refractivity contribution >= 4 is 11.9 Å². The fourth-order valence-corrected chi connectivity index (χ4v) is 2.75. The summed E-state index contributed by atoms with van der Waals surface area (Å²) in [5.74, 6) is 0.314. The zero-order chi connectivity index (χ0) is 16.3. The number of aryl methyl sites for hydroxylation is 1. The molecular weight excluding hydrogens is 296 g/mol. The fourth-order valence-electron chi connectivity index (χ4n) is 2.75. The van der Waals surface area contributed by atoms with Crippen molar-refractivity contribution in [3.8, 4) is 0 Å². The standard InChI is InChI=1S/C15H20N6O2/c1-20-9-4-12(19-20)13(22)18-10-15(23)5-2-8-21(11-15)14-16-6-3-7-17-14/h3-4,6-7,9,23H,2,5,8,10-11H2,1H3,(H,18,22). The first-order chi connectivity index (χ1) is 11.1. The number of hydrogen-bond donors (Lipinski definition) is 2. The van der Waals surface area contributed by atoms with Crippen LogP contribution in [0.4, 0.5) is 5.95 Å². The Morgan fingerprint density at radius 1 is 1.43 bits per heavy atom. The highest BCUT2D eigenvalue weighted by Gasteiger charge is 2.34. The predicted octanol–water partition coefficient (Wildman–Crippen LogP) is -0.0286. The number of anilines is 1. The van der Waals surface area contributed by atoms with E-state index in [2.05, 4.69) is 20.4 Å². The van der Waals surface area contributed by atoms with Crippen molar-refractivity contribution in [1.29, 1.82) is 0 Å². The zero-order valence-electron chi connectivity index (χ0n) is 13.0. The van der Waals surface area contributed by atoms with Gasteiger partial charge in [0, 0.05) is 38.7 Å². The Bertz CT molecular complexity index is 674. The summed E-state index contributed by atoms with van der Waals surface area (Å²) in [5, 5.41) is 17.6. The average molecular weight is 316 g/mol. The molecule has 3 heterocycles. The molecule has 23 heavy (non-hydrogen) atoms. The highest BCUT2D eigenvalue weighted by atomic mass is 16.3. The van der Waals surface area contributed by atoms with Gasteiger partial charge in [0.05, 0.1) is 12.1 Å². The van der Waals surface area contributed by atoms with Gasteiger partial charge < -0.3 is 15.3 Å². The number of carbonyl (C=O) groups is 1. The summed E-state index contributed by atoms with van der Waals surface area (Å²) >= 11 is 0. The maximum atomic E-state index is 12.1. The van der Waals surface area contributed by atoms with Crippen LogP contribution in [0.15, 0.2) is 30.7 Å². The molecule has 1 amide bonds. The third kappa shape index (κ3) is 3.65. The van der Waals surface area contributed by atoms with Crippen LogP contribution in [-0.4, -0.2) is 56.0 Å². The number of nitrogens with zero attached hydrogens (tertiary/aromatic N) is 5. The monoisotopic (exact) mass is 316 g/mol. The second-order valence-electron chi connectivity index (χ2n) is 5.86. The first-order valence-electron chi connectivity index (χ1n) is 7.58. The topological polar surface area (TPSA) is 96.2 Å². The van der Waals surface area contributed by atoms with E-state index in [1.54, 1.807) is 42.5 Å². The van der Waals surface area contributed by atoms with Crippen LogP contribution < -0.4 is 10.2 Å². The maximum absolute atomic E-state index is 12.1. The molecule has 0 aromatic carbocycles. The lowest BCUT2D eigenvalue weighted by Crippen LogP contribution is -2.54. The van der Waals surface area contributed by atoms with Crippen LogP contribution in [0.25, 0.3) is 0 Å². The van der Waals surface area contributed by atoms with Gasteiger partial charge in [-0.3, -0.25) is 9.48 Å². The molecule has 8 nitrogen and oxygen atoms in total. The van der Waals surface area contributed by atoms with E-state index >= 15 is 0 Å². The molecule has 0 spiro atoms. The van der Waals surface area contributed by atoms with Gasteiger partial charge in [-0.2, -0.15) is 5.10 Å². The molecule has 1 unspecified atom stereocenters. The highest BCUT2D eigenvalue weighted by molar-refractivity contribution is 5.92. The van der Waals surface area contributed by atoms with Gasteiger partial charge in [-0.15, -0.1) is 0 Å². The molecule has 2 aromatic rings. The number of hydrogen-bond acceptors (Lipinski definition) is 6. The van der Waals surface area contributed by atoms with Crippen molar-refractivity contribution in [2.45, 2.75) is 18.4 Å². The van der Waals surface area contributed by atoms with E-state index in [1.165, 1.54) is 0 Å². The van der Waals surface area contributed by atoms with Crippen LogP contribution in [0.3, 0.4) is 0 Å². The highest BCUT2D eigenvalue weighted by Crippen LogP contribution is 2.23. The summed E-state index contributed by atoms with van der Waals surface area (Å²) in [7, 11) is 1.75. The van der Waals surface area contributed by atoms with Crippen LogP contribution in [0.1, 0.15) is 23.3 Å². The van der Waals surface area contributed by atoms with Crippen molar-refractivity contribution in [2.24, 2.45) is 7.05 Å². The van der Waals surface area contributed by atoms with E-state index in [-0.39, 0.29) is 12.5 Å². The molecule has 0 aliphatic carbocycles. The summed E-state index contributed by atoms with van der Waals surface area (Å²) in [6.07, 6.45) is 6.50. The van der Waals surface area contributed by atoms with Crippen molar-refractivity contribution in [1.82, 2.24) is 25.1 Å². The van der Waals surface area contributed by atoms with Crippen LogP contribution in [0.5, 0.6) is 0 Å². The molecule has 1 saturated heterocycles. The van der Waals surface area contributed by atoms with Crippen LogP contribution >= 0.6 is 0 Å². The number of β-amino-alcohol motifs (C(OH)–C–C–N with tert-alkyl or cyclic N) is 1. The third-order valence-corrected chi connectivity index (χ3v) is 3.91. The van der Waals surface area contributed by atoms with Gasteiger partial charge in [-0.05, 0) is 25.0 Å². The minimum absolute atomic E-state index is 0.172. The fraction of sp³-hybridized carbons (Fsp3) is 0.467. The van der Waals surface area contributed by atoms with E-state index in [9.17, 15) is 9.90 Å². The number of amides is 1. The number of rotatable bonds is 4. The molecule has 2 aromatic heterocycles. The Labute approximate surface area is 134 Å². The Kier molecular flexibility index (Phi) is 4.24. The Hall–Kier alpha value is -2.48. The minimum atomic E-state index is -0.998. The molecular formula is C15H20N6O2. The van der Waals surface area contributed by atoms with Gasteiger partial charge in [0.15, 0.2) is 0 Å². The molecule has 3 rings (SSSR count). The lowest BCUT2D eigenvalue weighted by Gasteiger charge is -2.39. The minimum Gasteiger partial charge on any atom is -0.386 e. The van der Waals surface area contributed by atoms with Crippen molar-refractivity contribution in [2.75, 3.05) is 24.5 Å². The van der Waals surface area contributed by atoms with Gasteiger partial charge in [-0.1, -0.05) is 0 Å². The number of piperidine rings is 1. The van der Waals surface area contributed by atoms with Crippen molar-refractivity contribution in [3.63, 3.8) is 0 Å². The molecule has 122 valence electrons. The molecule has 8 heteroatoms. The number of aliphatic hydroxyl groups is 1. The second kappa shape index (κ2) is 6.33. The molecule has 0 saturated carbocycles. The maximum Gasteiger partial charge on any atom is 0.271 e. The van der Waals surface area contributed by atoms with Crippen molar-refractivity contribution < 1.29 is 9.90 Å². The average Bonchev–Trinajstić information content (AvgIpc) is 3.00. The van der Waals surface area contributed by atoms with Gasteiger partial charge in [0.25, 0.3) is 5.91 Å². The SMILES string of the molecule is Cn1ccc(C(=O)NCC2(O)CCCN(c3ncccn3)C2)n1. The summed E-state index contributed by atoms with van der Waals surface area (Å²) in [5.41, 5.74) is -0.655. The summed E-state index contributed by atoms with van der Waals surface area (Å²) < 4.78 is 1.57. The van der Waals surface area contributed by atoms with Gasteiger partial charge in [0.2, 0.25) is 5.95 Å². The predicted molar refractivity (Wildman–Crippen MR) is 84.0 cm³/mol. The molecule has 1 atom stereocenters. The van der Waals surface area contributed by atoms with E-state index in [1.807, 2.05) is 4.90 Å². The lowest BCUT2D eigenvalue weighted by molar-refractivity contribution is 0.0251. The molecule has 0 bridgehead atoms. The molecule has 1 aliphatic rings. The third-order valence-electron chi connectivity index (χ3n) is 3.91. The van der Waals surface area contributed by atoms with Gasteiger partial charge in [-0.25, -0.2) is 9.97 Å². The Balaban J connectivity index is 1.61. The first-order valence-corrected chi connectivity index (χ1v) is 7.58. The number of nitrogens with one attached hydrogen (secondary N) is 1. The van der Waals surface area contributed by atoms with Gasteiger partial charge >= 0.3 is 0 Å². The number of aromatic nitrogens is 4. The first kappa shape index (κ1) is 15.4. The quantitative estimate of drug-likeness (QED) is 0.822. The molecule has 2 N–H and O–H groups in total. The summed E-state index contributed by atoms with van der Waals surface area (Å²) in [6.45, 7) is 1.35. The molecule has 1 aliphatic heterocycles. The number of carbonyl (C=O) groups excluding carboxylic acids is 1. The zero-order valence-corrected chi connectivity index (χ0v) is 13.0. The van der Waals surface area contributed by atoms with E-state index in [0.29, 0.717) is 24.6 Å². The summed E-state index contributed by atoms with van der Waals surface area (Å²) in [6, 6.07) is 3.40. The Morgan fingerprint density at radius 3 is 2.91 bits per heavy atom. The van der Waals surface area contributed by atoms with Crippen molar-refractivity contribution in [3.05, 3.63) is 36.4 Å². The smallest absolute Gasteiger partial charge is 0.271 e. The van der Waals surface area contributed by atoms with E-state index < -0.39 is 5.60 Å². The van der Waals surface area contributed by atoms with E-state index in [0.717, 1.165) is 13.0 Å².